The molecule has 0 fully saturated rings. The number of hydrogen-bond donors (Lipinski definition) is 1. The quantitative estimate of drug-likeness (QED) is 0.667. The van der Waals surface area contributed by atoms with E-state index in [0.717, 1.165) is 4.47 Å². The fourth-order valence-corrected chi connectivity index (χ4v) is 1.98. The zero-order valence-corrected chi connectivity index (χ0v) is 12.8. The number of carbonyl (C=O) groups is 1. The van der Waals surface area contributed by atoms with Gasteiger partial charge in [0.2, 0.25) is 0 Å². The lowest BCUT2D eigenvalue weighted by Crippen LogP contribution is -2.22. The van der Waals surface area contributed by atoms with Crippen molar-refractivity contribution in [2.45, 2.75) is 26.3 Å². The summed E-state index contributed by atoms with van der Waals surface area (Å²) in [7, 11) is 1.35. The first-order valence-corrected chi connectivity index (χ1v) is 6.83. The monoisotopic (exact) mass is 327 g/mol. The van der Waals surface area contributed by atoms with Crippen LogP contribution in [0, 0.1) is 5.92 Å². The van der Waals surface area contributed by atoms with Crippen molar-refractivity contribution in [3.05, 3.63) is 28.2 Å². The van der Waals surface area contributed by atoms with E-state index in [1.54, 1.807) is 18.2 Å². The summed E-state index contributed by atoms with van der Waals surface area (Å²) in [5.41, 5.74) is 0.562. The molecule has 1 rings (SSSR count). The van der Waals surface area contributed by atoms with E-state index in [1.807, 2.05) is 13.8 Å². The first-order chi connectivity index (χ1) is 8.93. The maximum Gasteiger partial charge on any atom is 0.330 e. The number of phenolic OH excluding ortho intramolecular Hbond substituents is 1. The minimum atomic E-state index is -0.539. The molecule has 0 aromatic heterocycles. The van der Waals surface area contributed by atoms with Gasteiger partial charge in [-0.1, -0.05) is 29.8 Å². The maximum atomic E-state index is 11.6. The zero-order valence-electron chi connectivity index (χ0n) is 11.3. The molecule has 0 saturated carbocycles. The van der Waals surface area contributed by atoms with Gasteiger partial charge in [0, 0.05) is 16.3 Å². The molecule has 0 amide bonds. The van der Waals surface area contributed by atoms with E-state index < -0.39 is 6.04 Å². The Balaban J connectivity index is 2.91. The molecule has 1 N–H and O–H groups in total. The number of halogens is 1. The van der Waals surface area contributed by atoms with Crippen LogP contribution in [0.3, 0.4) is 0 Å². The van der Waals surface area contributed by atoms with E-state index in [2.05, 4.69) is 20.9 Å². The van der Waals surface area contributed by atoms with Crippen LogP contribution in [-0.4, -0.2) is 30.4 Å². The molecule has 0 bridgehead atoms. The van der Waals surface area contributed by atoms with Crippen molar-refractivity contribution < 1.29 is 14.6 Å². The maximum absolute atomic E-state index is 11.6. The third-order valence-corrected chi connectivity index (χ3v) is 3.04. The van der Waals surface area contributed by atoms with Crippen molar-refractivity contribution in [3.8, 4) is 5.75 Å². The lowest BCUT2D eigenvalue weighted by molar-refractivity contribution is -0.142. The predicted molar refractivity (Wildman–Crippen MR) is 78.7 cm³/mol. The number of benzene rings is 1. The number of aliphatic imine (C=N–C) groups is 1. The molecule has 4 nitrogen and oxygen atoms in total. The third-order valence-electron chi connectivity index (χ3n) is 2.55. The van der Waals surface area contributed by atoms with Crippen LogP contribution in [-0.2, 0) is 9.53 Å². The Hall–Kier alpha value is -1.36. The summed E-state index contributed by atoms with van der Waals surface area (Å²) in [6.07, 6.45) is 2.11. The Labute approximate surface area is 121 Å². The lowest BCUT2D eigenvalue weighted by atomic mass is 10.0. The minimum Gasteiger partial charge on any atom is -0.507 e. The van der Waals surface area contributed by atoms with Crippen LogP contribution < -0.4 is 0 Å². The van der Waals surface area contributed by atoms with E-state index in [1.165, 1.54) is 13.3 Å². The average molecular weight is 328 g/mol. The second kappa shape index (κ2) is 7.28. The summed E-state index contributed by atoms with van der Waals surface area (Å²) >= 11 is 3.32. The van der Waals surface area contributed by atoms with Gasteiger partial charge in [0.1, 0.15) is 11.8 Å². The largest absolute Gasteiger partial charge is 0.507 e. The molecule has 19 heavy (non-hydrogen) atoms. The summed E-state index contributed by atoms with van der Waals surface area (Å²) in [5, 5.41) is 9.70. The summed E-state index contributed by atoms with van der Waals surface area (Å²) in [6.45, 7) is 4.03. The molecular formula is C14H18BrNO3. The Morgan fingerprint density at radius 2 is 2.21 bits per heavy atom. The third kappa shape index (κ3) is 5.03. The van der Waals surface area contributed by atoms with Gasteiger partial charge in [-0.2, -0.15) is 0 Å². The molecule has 0 aliphatic rings. The van der Waals surface area contributed by atoms with Gasteiger partial charge in [-0.25, -0.2) is 4.79 Å². The number of rotatable bonds is 5. The summed E-state index contributed by atoms with van der Waals surface area (Å²) in [4.78, 5) is 15.8. The fourth-order valence-electron chi connectivity index (χ4n) is 1.60. The highest BCUT2D eigenvalue weighted by molar-refractivity contribution is 9.10. The van der Waals surface area contributed by atoms with Gasteiger partial charge in [0.25, 0.3) is 0 Å². The van der Waals surface area contributed by atoms with Crippen molar-refractivity contribution in [2.24, 2.45) is 10.9 Å². The molecule has 0 spiro atoms. The van der Waals surface area contributed by atoms with Crippen molar-refractivity contribution in [1.29, 1.82) is 0 Å². The molecule has 5 heteroatoms. The van der Waals surface area contributed by atoms with Gasteiger partial charge in [0.15, 0.2) is 0 Å². The van der Waals surface area contributed by atoms with Gasteiger partial charge in [-0.3, -0.25) is 4.99 Å². The molecule has 1 aromatic carbocycles. The number of phenols is 1. The van der Waals surface area contributed by atoms with Crippen molar-refractivity contribution in [1.82, 2.24) is 0 Å². The first-order valence-electron chi connectivity index (χ1n) is 6.03. The molecule has 0 unspecified atom stereocenters. The standard InChI is InChI=1S/C14H18BrNO3/c1-9(2)6-12(14(18)19-3)16-8-10-7-11(15)4-5-13(10)17/h4-5,7-9,12,17H,6H2,1-3H3/t12-/m0/s1. The molecule has 0 heterocycles. The van der Waals surface area contributed by atoms with E-state index in [9.17, 15) is 9.90 Å². The number of methoxy groups -OCH3 is 1. The van der Waals surface area contributed by atoms with Gasteiger partial charge in [-0.15, -0.1) is 0 Å². The molecule has 104 valence electrons. The molecular weight excluding hydrogens is 310 g/mol. The number of nitrogens with zero attached hydrogens (tertiary/aromatic N) is 1. The number of hydrogen-bond acceptors (Lipinski definition) is 4. The van der Waals surface area contributed by atoms with Gasteiger partial charge >= 0.3 is 5.97 Å². The number of aromatic hydroxyl groups is 1. The molecule has 0 aliphatic carbocycles. The SMILES string of the molecule is COC(=O)[C@H](CC(C)C)N=Cc1cc(Br)ccc1O. The van der Waals surface area contributed by atoms with Crippen LogP contribution in [0.5, 0.6) is 5.75 Å². The van der Waals surface area contributed by atoms with Crippen molar-refractivity contribution >= 4 is 28.1 Å². The summed E-state index contributed by atoms with van der Waals surface area (Å²) in [6, 6.07) is 4.51. The molecule has 1 aromatic rings. The number of ether oxygens (including phenoxy) is 1. The van der Waals surface area contributed by atoms with Gasteiger partial charge < -0.3 is 9.84 Å². The predicted octanol–water partition coefficient (Wildman–Crippen LogP) is 3.16. The van der Waals surface area contributed by atoms with E-state index in [4.69, 9.17) is 4.74 Å². The van der Waals surface area contributed by atoms with E-state index >= 15 is 0 Å². The van der Waals surface area contributed by atoms with Gasteiger partial charge in [0.05, 0.1) is 7.11 Å². The van der Waals surface area contributed by atoms with E-state index in [-0.39, 0.29) is 11.7 Å². The lowest BCUT2D eigenvalue weighted by Gasteiger charge is -2.12. The Morgan fingerprint density at radius 3 is 2.79 bits per heavy atom. The molecule has 0 aliphatic heterocycles. The number of carbonyl (C=O) groups excluding carboxylic acids is 1. The van der Waals surface area contributed by atoms with Crippen molar-refractivity contribution in [3.63, 3.8) is 0 Å². The van der Waals surface area contributed by atoms with Crippen molar-refractivity contribution in [2.75, 3.05) is 7.11 Å². The van der Waals surface area contributed by atoms with Crippen LogP contribution in [0.15, 0.2) is 27.7 Å². The molecule has 0 radical (unpaired) electrons. The average Bonchev–Trinajstić information content (AvgIpc) is 2.36. The number of esters is 1. The summed E-state index contributed by atoms with van der Waals surface area (Å²) < 4.78 is 5.57. The normalized spacial score (nSPS) is 12.9. The van der Waals surface area contributed by atoms with Crippen LogP contribution >= 0.6 is 15.9 Å². The second-order valence-electron chi connectivity index (χ2n) is 4.65. The second-order valence-corrected chi connectivity index (χ2v) is 5.57. The Morgan fingerprint density at radius 1 is 1.53 bits per heavy atom. The molecule has 1 atom stereocenters. The summed E-state index contributed by atoms with van der Waals surface area (Å²) in [5.74, 6) is 0.0944. The zero-order chi connectivity index (χ0) is 14.4. The minimum absolute atomic E-state index is 0.125. The highest BCUT2D eigenvalue weighted by atomic mass is 79.9. The highest BCUT2D eigenvalue weighted by Crippen LogP contribution is 2.20. The smallest absolute Gasteiger partial charge is 0.330 e. The van der Waals surface area contributed by atoms with Crippen LogP contribution in [0.4, 0.5) is 0 Å². The first kappa shape index (κ1) is 15.7. The van der Waals surface area contributed by atoms with Crippen LogP contribution in [0.2, 0.25) is 0 Å². The van der Waals surface area contributed by atoms with Gasteiger partial charge in [-0.05, 0) is 30.5 Å². The fraction of sp³-hybridized carbons (Fsp3) is 0.429. The van der Waals surface area contributed by atoms with Crippen LogP contribution in [0.25, 0.3) is 0 Å². The Kier molecular flexibility index (Phi) is 6.02. The molecule has 0 saturated heterocycles. The highest BCUT2D eigenvalue weighted by Gasteiger charge is 2.18. The topological polar surface area (TPSA) is 58.9 Å². The Bertz CT molecular complexity index is 472. The van der Waals surface area contributed by atoms with E-state index in [0.29, 0.717) is 17.9 Å². The van der Waals surface area contributed by atoms with Crippen LogP contribution in [0.1, 0.15) is 25.8 Å².